The summed E-state index contributed by atoms with van der Waals surface area (Å²) in [4.78, 5) is 42.1. The Balaban J connectivity index is 1.42. The normalized spacial score (nSPS) is 24.2. The van der Waals surface area contributed by atoms with Crippen LogP contribution < -0.4 is 0 Å². The number of hydrogen-bond donors (Lipinski definition) is 0. The molecule has 0 spiro atoms. The second kappa shape index (κ2) is 6.13. The van der Waals surface area contributed by atoms with Crippen molar-refractivity contribution in [1.82, 2.24) is 14.7 Å². The Morgan fingerprint density at radius 3 is 2.44 bits per heavy atom. The van der Waals surface area contributed by atoms with E-state index in [-0.39, 0.29) is 35.5 Å². The SMILES string of the molecule is O=C(c1ccccc1F)N1CCC(N2C(=O)[C@@H]3CCCN3C2=O)CC1. The van der Waals surface area contributed by atoms with E-state index in [0.29, 0.717) is 32.5 Å². The molecule has 4 amide bonds. The first-order valence-electron chi connectivity index (χ1n) is 8.75. The topological polar surface area (TPSA) is 60.9 Å². The summed E-state index contributed by atoms with van der Waals surface area (Å²) < 4.78 is 13.8. The molecule has 3 heterocycles. The average molecular weight is 345 g/mol. The minimum absolute atomic E-state index is 0.0647. The fraction of sp³-hybridized carbons (Fsp3) is 0.500. The predicted octanol–water partition coefficient (Wildman–Crippen LogP) is 1.86. The number of likely N-dealkylation sites (tertiary alicyclic amines) is 1. The first-order chi connectivity index (χ1) is 12.1. The number of imide groups is 1. The van der Waals surface area contributed by atoms with E-state index in [1.54, 1.807) is 21.9 Å². The number of carbonyl (C=O) groups is 3. The number of halogens is 1. The van der Waals surface area contributed by atoms with Crippen LogP contribution in [0, 0.1) is 5.82 Å². The molecule has 1 aromatic carbocycles. The maximum atomic E-state index is 13.8. The Hall–Kier alpha value is -2.44. The van der Waals surface area contributed by atoms with Crippen molar-refractivity contribution in [2.45, 2.75) is 37.8 Å². The smallest absolute Gasteiger partial charge is 0.327 e. The predicted molar refractivity (Wildman–Crippen MR) is 87.3 cm³/mol. The highest BCUT2D eigenvalue weighted by Gasteiger charge is 2.50. The first kappa shape index (κ1) is 16.1. The van der Waals surface area contributed by atoms with Crippen molar-refractivity contribution < 1.29 is 18.8 Å². The number of nitrogens with zero attached hydrogens (tertiary/aromatic N) is 3. The summed E-state index contributed by atoms with van der Waals surface area (Å²) in [5.41, 5.74) is 0.0647. The van der Waals surface area contributed by atoms with Gasteiger partial charge in [-0.05, 0) is 37.8 Å². The fourth-order valence-corrected chi connectivity index (χ4v) is 4.11. The summed E-state index contributed by atoms with van der Waals surface area (Å²) in [7, 11) is 0. The Morgan fingerprint density at radius 1 is 1.04 bits per heavy atom. The van der Waals surface area contributed by atoms with Gasteiger partial charge in [-0.2, -0.15) is 0 Å². The number of amides is 4. The minimum Gasteiger partial charge on any atom is -0.338 e. The number of piperidine rings is 1. The summed E-state index contributed by atoms with van der Waals surface area (Å²) >= 11 is 0. The molecule has 3 fully saturated rings. The molecule has 4 rings (SSSR count). The van der Waals surface area contributed by atoms with Crippen molar-refractivity contribution in [2.75, 3.05) is 19.6 Å². The van der Waals surface area contributed by atoms with Crippen LogP contribution in [-0.2, 0) is 4.79 Å². The van der Waals surface area contributed by atoms with E-state index in [1.165, 1.54) is 17.0 Å². The zero-order valence-corrected chi connectivity index (χ0v) is 13.9. The van der Waals surface area contributed by atoms with Crippen LogP contribution in [0.2, 0.25) is 0 Å². The highest BCUT2D eigenvalue weighted by atomic mass is 19.1. The Morgan fingerprint density at radius 2 is 1.76 bits per heavy atom. The lowest BCUT2D eigenvalue weighted by Crippen LogP contribution is -2.49. The standard InChI is InChI=1S/C18H20FN3O3/c19-14-5-2-1-4-13(14)16(23)20-10-7-12(8-11-20)22-17(24)15-6-3-9-21(15)18(22)25/h1-2,4-5,12,15H,3,6-11H2/t15-/m0/s1. The van der Waals surface area contributed by atoms with E-state index in [9.17, 15) is 18.8 Å². The Kier molecular flexibility index (Phi) is 3.94. The second-order valence-electron chi connectivity index (χ2n) is 6.85. The zero-order chi connectivity index (χ0) is 17.6. The van der Waals surface area contributed by atoms with Crippen LogP contribution in [-0.4, -0.2) is 64.3 Å². The molecule has 0 saturated carbocycles. The van der Waals surface area contributed by atoms with Crippen molar-refractivity contribution in [1.29, 1.82) is 0 Å². The molecule has 3 aliphatic heterocycles. The van der Waals surface area contributed by atoms with Crippen molar-refractivity contribution in [2.24, 2.45) is 0 Å². The molecular formula is C18H20FN3O3. The monoisotopic (exact) mass is 345 g/mol. The molecule has 3 aliphatic rings. The van der Waals surface area contributed by atoms with Crippen LogP contribution in [0.4, 0.5) is 9.18 Å². The molecule has 3 saturated heterocycles. The number of carbonyl (C=O) groups excluding carboxylic acids is 3. The van der Waals surface area contributed by atoms with Gasteiger partial charge in [0.2, 0.25) is 0 Å². The molecule has 0 unspecified atom stereocenters. The molecule has 1 atom stereocenters. The Bertz CT molecular complexity index is 708. The van der Waals surface area contributed by atoms with Crippen LogP contribution in [0.5, 0.6) is 0 Å². The van der Waals surface area contributed by atoms with Crippen LogP contribution in [0.3, 0.4) is 0 Å². The third-order valence-electron chi connectivity index (χ3n) is 5.45. The van der Waals surface area contributed by atoms with Crippen LogP contribution in [0.15, 0.2) is 24.3 Å². The highest BCUT2D eigenvalue weighted by molar-refractivity contribution is 6.05. The summed E-state index contributed by atoms with van der Waals surface area (Å²) in [6.45, 7) is 1.48. The maximum absolute atomic E-state index is 13.8. The second-order valence-corrected chi connectivity index (χ2v) is 6.85. The van der Waals surface area contributed by atoms with E-state index >= 15 is 0 Å². The quantitative estimate of drug-likeness (QED) is 0.769. The van der Waals surface area contributed by atoms with Gasteiger partial charge in [-0.1, -0.05) is 12.1 Å². The summed E-state index contributed by atoms with van der Waals surface area (Å²) in [6.07, 6.45) is 2.70. The lowest BCUT2D eigenvalue weighted by atomic mass is 10.0. The van der Waals surface area contributed by atoms with E-state index in [2.05, 4.69) is 0 Å². The summed E-state index contributed by atoms with van der Waals surface area (Å²) in [5, 5.41) is 0. The number of benzene rings is 1. The van der Waals surface area contributed by atoms with Gasteiger partial charge in [-0.3, -0.25) is 14.5 Å². The first-order valence-corrected chi connectivity index (χ1v) is 8.75. The van der Waals surface area contributed by atoms with Crippen LogP contribution in [0.25, 0.3) is 0 Å². The van der Waals surface area contributed by atoms with E-state index in [1.807, 2.05) is 0 Å². The summed E-state index contributed by atoms with van der Waals surface area (Å²) in [5.74, 6) is -0.960. The Labute approximate surface area is 145 Å². The van der Waals surface area contributed by atoms with E-state index < -0.39 is 5.82 Å². The van der Waals surface area contributed by atoms with Gasteiger partial charge in [0.1, 0.15) is 11.9 Å². The zero-order valence-electron chi connectivity index (χ0n) is 13.9. The van der Waals surface area contributed by atoms with Gasteiger partial charge >= 0.3 is 6.03 Å². The molecule has 0 N–H and O–H groups in total. The van der Waals surface area contributed by atoms with Gasteiger partial charge < -0.3 is 9.80 Å². The van der Waals surface area contributed by atoms with Gasteiger partial charge in [-0.15, -0.1) is 0 Å². The molecule has 0 aliphatic carbocycles. The molecule has 6 nitrogen and oxygen atoms in total. The maximum Gasteiger partial charge on any atom is 0.327 e. The number of hydrogen-bond acceptors (Lipinski definition) is 3. The molecule has 25 heavy (non-hydrogen) atoms. The lowest BCUT2D eigenvalue weighted by Gasteiger charge is -2.35. The third kappa shape index (κ3) is 2.58. The van der Waals surface area contributed by atoms with Crippen LogP contribution >= 0.6 is 0 Å². The largest absolute Gasteiger partial charge is 0.338 e. The number of urea groups is 1. The van der Waals surface area contributed by atoms with Crippen molar-refractivity contribution in [3.63, 3.8) is 0 Å². The van der Waals surface area contributed by atoms with Gasteiger partial charge in [0.15, 0.2) is 0 Å². The fourth-order valence-electron chi connectivity index (χ4n) is 4.11. The highest BCUT2D eigenvalue weighted by Crippen LogP contribution is 2.31. The van der Waals surface area contributed by atoms with Gasteiger partial charge in [0.25, 0.3) is 11.8 Å². The van der Waals surface area contributed by atoms with Gasteiger partial charge in [0, 0.05) is 25.7 Å². The molecule has 0 radical (unpaired) electrons. The minimum atomic E-state index is -0.528. The third-order valence-corrected chi connectivity index (χ3v) is 5.45. The van der Waals surface area contributed by atoms with E-state index in [4.69, 9.17) is 0 Å². The molecule has 0 aromatic heterocycles. The van der Waals surface area contributed by atoms with Crippen LogP contribution in [0.1, 0.15) is 36.0 Å². The van der Waals surface area contributed by atoms with Crippen molar-refractivity contribution in [3.8, 4) is 0 Å². The van der Waals surface area contributed by atoms with Crippen molar-refractivity contribution >= 4 is 17.8 Å². The summed E-state index contributed by atoms with van der Waals surface area (Å²) in [6, 6.07) is 5.29. The molecule has 7 heteroatoms. The average Bonchev–Trinajstić information content (AvgIpc) is 3.19. The van der Waals surface area contributed by atoms with Crippen molar-refractivity contribution in [3.05, 3.63) is 35.6 Å². The molecule has 1 aromatic rings. The molecule has 132 valence electrons. The molecule has 0 bridgehead atoms. The lowest BCUT2D eigenvalue weighted by molar-refractivity contribution is -0.130. The number of rotatable bonds is 2. The number of fused-ring (bicyclic) bond motifs is 1. The van der Waals surface area contributed by atoms with E-state index in [0.717, 1.165) is 12.8 Å². The molecular weight excluding hydrogens is 325 g/mol. The van der Waals surface area contributed by atoms with Gasteiger partial charge in [-0.25, -0.2) is 9.18 Å². The van der Waals surface area contributed by atoms with Gasteiger partial charge in [0.05, 0.1) is 5.56 Å².